The van der Waals surface area contributed by atoms with Crippen molar-refractivity contribution in [2.75, 3.05) is 11.9 Å². The molecule has 100 valence electrons. The third kappa shape index (κ3) is 3.22. The van der Waals surface area contributed by atoms with Crippen molar-refractivity contribution < 1.29 is 9.90 Å². The van der Waals surface area contributed by atoms with E-state index in [1.807, 2.05) is 24.3 Å². The fourth-order valence-electron chi connectivity index (χ4n) is 1.93. The second kappa shape index (κ2) is 5.69. The highest BCUT2D eigenvalue weighted by Gasteiger charge is 2.10. The zero-order valence-corrected chi connectivity index (χ0v) is 11.2. The average molecular weight is 258 g/mol. The molecule has 2 rings (SSSR count). The molecule has 4 nitrogen and oxygen atoms in total. The van der Waals surface area contributed by atoms with Gasteiger partial charge in [0.15, 0.2) is 5.69 Å². The summed E-state index contributed by atoms with van der Waals surface area (Å²) in [5, 5.41) is 13.4. The average Bonchev–Trinajstić information content (AvgIpc) is 2.38. The van der Waals surface area contributed by atoms with Crippen LogP contribution in [0.25, 0.3) is 10.9 Å². The molecule has 1 aromatic carbocycles. The first kappa shape index (κ1) is 13.3. The van der Waals surface area contributed by atoms with Crippen LogP contribution in [-0.2, 0) is 0 Å². The second-order valence-electron chi connectivity index (χ2n) is 4.99. The van der Waals surface area contributed by atoms with Crippen LogP contribution in [0.2, 0.25) is 0 Å². The molecule has 0 atom stereocenters. The first-order chi connectivity index (χ1) is 9.08. The summed E-state index contributed by atoms with van der Waals surface area (Å²) >= 11 is 0. The van der Waals surface area contributed by atoms with Crippen molar-refractivity contribution in [2.45, 2.75) is 20.3 Å². The quantitative estimate of drug-likeness (QED) is 0.863. The highest BCUT2D eigenvalue weighted by Crippen LogP contribution is 2.23. The SMILES string of the molecule is CC(C)CCNc1cc(C(=O)O)nc2ccccc12. The van der Waals surface area contributed by atoms with E-state index in [-0.39, 0.29) is 5.69 Å². The van der Waals surface area contributed by atoms with Crippen LogP contribution >= 0.6 is 0 Å². The van der Waals surface area contributed by atoms with Gasteiger partial charge in [0.25, 0.3) is 0 Å². The summed E-state index contributed by atoms with van der Waals surface area (Å²) in [6.07, 6.45) is 1.04. The fourth-order valence-corrected chi connectivity index (χ4v) is 1.93. The van der Waals surface area contributed by atoms with Crippen LogP contribution in [0.4, 0.5) is 5.69 Å². The molecule has 0 unspecified atom stereocenters. The third-order valence-corrected chi connectivity index (χ3v) is 2.97. The Morgan fingerprint density at radius 1 is 1.37 bits per heavy atom. The smallest absolute Gasteiger partial charge is 0.354 e. The number of aromatic carboxylic acids is 1. The summed E-state index contributed by atoms with van der Waals surface area (Å²) in [7, 11) is 0. The lowest BCUT2D eigenvalue weighted by atomic mass is 10.1. The maximum absolute atomic E-state index is 11.1. The number of carboxylic acid groups (broad SMARTS) is 1. The summed E-state index contributed by atoms with van der Waals surface area (Å²) < 4.78 is 0. The Hall–Kier alpha value is -2.10. The molecular weight excluding hydrogens is 240 g/mol. The molecule has 0 spiro atoms. The number of nitrogens with one attached hydrogen (secondary N) is 1. The third-order valence-electron chi connectivity index (χ3n) is 2.97. The van der Waals surface area contributed by atoms with Crippen LogP contribution in [0.1, 0.15) is 30.8 Å². The Bertz CT molecular complexity index is 594. The van der Waals surface area contributed by atoms with E-state index < -0.39 is 5.97 Å². The number of pyridine rings is 1. The number of carbonyl (C=O) groups is 1. The molecule has 1 aromatic heterocycles. The number of aromatic nitrogens is 1. The molecular formula is C15H18N2O2. The molecule has 0 bridgehead atoms. The van der Waals surface area contributed by atoms with Crippen molar-refractivity contribution in [1.29, 1.82) is 0 Å². The van der Waals surface area contributed by atoms with Gasteiger partial charge in [0.1, 0.15) is 0 Å². The number of hydrogen-bond acceptors (Lipinski definition) is 3. The van der Waals surface area contributed by atoms with E-state index in [0.29, 0.717) is 11.4 Å². The van der Waals surface area contributed by atoms with Gasteiger partial charge in [-0.2, -0.15) is 0 Å². The monoisotopic (exact) mass is 258 g/mol. The van der Waals surface area contributed by atoms with Crippen LogP contribution in [0.3, 0.4) is 0 Å². The van der Waals surface area contributed by atoms with Gasteiger partial charge in [0.2, 0.25) is 0 Å². The molecule has 0 radical (unpaired) electrons. The number of hydrogen-bond donors (Lipinski definition) is 2. The maximum Gasteiger partial charge on any atom is 0.354 e. The van der Waals surface area contributed by atoms with Crippen LogP contribution in [-0.4, -0.2) is 22.6 Å². The van der Waals surface area contributed by atoms with Crippen LogP contribution < -0.4 is 5.32 Å². The summed E-state index contributed by atoms with van der Waals surface area (Å²) in [4.78, 5) is 15.2. The van der Waals surface area contributed by atoms with Gasteiger partial charge in [-0.25, -0.2) is 9.78 Å². The normalized spacial score (nSPS) is 10.9. The van der Waals surface area contributed by atoms with Gasteiger partial charge < -0.3 is 10.4 Å². The lowest BCUT2D eigenvalue weighted by Gasteiger charge is -2.11. The van der Waals surface area contributed by atoms with E-state index in [0.717, 1.165) is 24.0 Å². The van der Waals surface area contributed by atoms with Gasteiger partial charge in [0.05, 0.1) is 5.52 Å². The molecule has 2 N–H and O–H groups in total. The van der Waals surface area contributed by atoms with E-state index in [1.165, 1.54) is 0 Å². The predicted octanol–water partition coefficient (Wildman–Crippen LogP) is 3.39. The summed E-state index contributed by atoms with van der Waals surface area (Å²) in [6, 6.07) is 9.17. The lowest BCUT2D eigenvalue weighted by molar-refractivity contribution is 0.0691. The summed E-state index contributed by atoms with van der Waals surface area (Å²) in [5.41, 5.74) is 1.61. The molecule has 0 aliphatic heterocycles. The number of fused-ring (bicyclic) bond motifs is 1. The fraction of sp³-hybridized carbons (Fsp3) is 0.333. The van der Waals surface area contributed by atoms with E-state index in [2.05, 4.69) is 24.1 Å². The van der Waals surface area contributed by atoms with E-state index in [1.54, 1.807) is 6.07 Å². The minimum Gasteiger partial charge on any atom is -0.477 e. The zero-order valence-electron chi connectivity index (χ0n) is 11.2. The molecule has 0 aliphatic rings. The minimum atomic E-state index is -1.00. The van der Waals surface area contributed by atoms with Gasteiger partial charge in [-0.3, -0.25) is 0 Å². The molecule has 4 heteroatoms. The van der Waals surface area contributed by atoms with E-state index in [9.17, 15) is 4.79 Å². The number of nitrogens with zero attached hydrogens (tertiary/aromatic N) is 1. The molecule has 0 aliphatic carbocycles. The first-order valence-electron chi connectivity index (χ1n) is 6.45. The zero-order chi connectivity index (χ0) is 13.8. The van der Waals surface area contributed by atoms with Gasteiger partial charge >= 0.3 is 5.97 Å². The number of rotatable bonds is 5. The Morgan fingerprint density at radius 2 is 2.11 bits per heavy atom. The van der Waals surface area contributed by atoms with Gasteiger partial charge in [0, 0.05) is 17.6 Å². The van der Waals surface area contributed by atoms with E-state index >= 15 is 0 Å². The lowest BCUT2D eigenvalue weighted by Crippen LogP contribution is -2.08. The number of anilines is 1. The largest absolute Gasteiger partial charge is 0.477 e. The maximum atomic E-state index is 11.1. The second-order valence-corrected chi connectivity index (χ2v) is 4.99. The van der Waals surface area contributed by atoms with Crippen LogP contribution in [0.5, 0.6) is 0 Å². The topological polar surface area (TPSA) is 62.2 Å². The molecule has 1 heterocycles. The predicted molar refractivity (Wildman–Crippen MR) is 76.6 cm³/mol. The summed E-state index contributed by atoms with van der Waals surface area (Å²) in [5.74, 6) is -0.391. The Morgan fingerprint density at radius 3 is 2.79 bits per heavy atom. The Kier molecular flexibility index (Phi) is 4.00. The molecule has 0 saturated carbocycles. The number of benzene rings is 1. The van der Waals surface area contributed by atoms with Crippen molar-refractivity contribution in [3.63, 3.8) is 0 Å². The molecule has 0 saturated heterocycles. The summed E-state index contributed by atoms with van der Waals surface area (Å²) in [6.45, 7) is 5.15. The Balaban J connectivity index is 2.36. The number of para-hydroxylation sites is 1. The van der Waals surface area contributed by atoms with Crippen molar-refractivity contribution in [3.8, 4) is 0 Å². The Labute approximate surface area is 112 Å². The van der Waals surface area contributed by atoms with Gasteiger partial charge in [-0.05, 0) is 24.5 Å². The molecule has 0 fully saturated rings. The van der Waals surface area contributed by atoms with Gasteiger partial charge in [-0.15, -0.1) is 0 Å². The van der Waals surface area contributed by atoms with Crippen molar-refractivity contribution in [1.82, 2.24) is 4.98 Å². The number of carboxylic acids is 1. The van der Waals surface area contributed by atoms with Crippen LogP contribution in [0, 0.1) is 5.92 Å². The molecule has 0 amide bonds. The standard InChI is InChI=1S/C15H18N2O2/c1-10(2)7-8-16-13-9-14(15(18)19)17-12-6-4-3-5-11(12)13/h3-6,9-10H,7-8H2,1-2H3,(H,16,17)(H,18,19). The van der Waals surface area contributed by atoms with Crippen molar-refractivity contribution in [2.24, 2.45) is 5.92 Å². The first-order valence-corrected chi connectivity index (χ1v) is 6.45. The van der Waals surface area contributed by atoms with Crippen molar-refractivity contribution >= 4 is 22.6 Å². The van der Waals surface area contributed by atoms with Crippen molar-refractivity contribution in [3.05, 3.63) is 36.0 Å². The molecule has 19 heavy (non-hydrogen) atoms. The highest BCUT2D eigenvalue weighted by molar-refractivity contribution is 5.97. The van der Waals surface area contributed by atoms with Gasteiger partial charge in [-0.1, -0.05) is 32.0 Å². The van der Waals surface area contributed by atoms with Crippen LogP contribution in [0.15, 0.2) is 30.3 Å². The van der Waals surface area contributed by atoms with E-state index in [4.69, 9.17) is 5.11 Å². The minimum absolute atomic E-state index is 0.0748. The highest BCUT2D eigenvalue weighted by atomic mass is 16.4. The molecule has 2 aromatic rings.